The van der Waals surface area contributed by atoms with Crippen molar-refractivity contribution in [3.8, 4) is 0 Å². The van der Waals surface area contributed by atoms with Crippen molar-refractivity contribution in [2.75, 3.05) is 19.6 Å². The third-order valence-electron chi connectivity index (χ3n) is 6.44. The molecule has 3 atom stereocenters. The first kappa shape index (κ1) is 18.4. The molecule has 2 aliphatic rings. The molecule has 1 aromatic rings. The number of hydrogen-bond acceptors (Lipinski definition) is 2. The summed E-state index contributed by atoms with van der Waals surface area (Å²) in [6, 6.07) is 11.2. The average molecular weight is 343 g/mol. The van der Waals surface area contributed by atoms with Crippen molar-refractivity contribution in [1.82, 2.24) is 10.2 Å². The summed E-state index contributed by atoms with van der Waals surface area (Å²) in [7, 11) is 0. The summed E-state index contributed by atoms with van der Waals surface area (Å²) >= 11 is 0. The van der Waals surface area contributed by atoms with E-state index >= 15 is 0 Å². The molecule has 3 heteroatoms. The largest absolute Gasteiger partial charge is 0.339 e. The van der Waals surface area contributed by atoms with Gasteiger partial charge >= 0.3 is 0 Å². The molecule has 2 heterocycles. The number of likely N-dealkylation sites (tertiary alicyclic amines) is 1. The van der Waals surface area contributed by atoms with Gasteiger partial charge in [0, 0.05) is 24.9 Å². The lowest BCUT2D eigenvalue weighted by molar-refractivity contribution is -0.133. The Labute approximate surface area is 153 Å². The number of carbonyl (C=O) groups excluding carboxylic acids is 1. The van der Waals surface area contributed by atoms with Crippen LogP contribution in [0, 0.1) is 11.8 Å². The predicted molar refractivity (Wildman–Crippen MR) is 104 cm³/mol. The lowest BCUT2D eigenvalue weighted by atomic mass is 9.83. The maximum atomic E-state index is 13.1. The topological polar surface area (TPSA) is 32.3 Å². The standard InChI is InChI=1S/C22H34N2O/c1-3-20(19-8-5-4-6-9-19)21-10-7-15-24(21)22(25)16-17(2)18-11-13-23-14-12-18/h4-6,8-9,17-18,20-21,23H,3,7,10-16H2,1-2H3. The number of hydrogen-bond donors (Lipinski definition) is 1. The van der Waals surface area contributed by atoms with Gasteiger partial charge in [-0.2, -0.15) is 0 Å². The maximum absolute atomic E-state index is 13.1. The minimum absolute atomic E-state index is 0.389. The molecule has 2 fully saturated rings. The molecular weight excluding hydrogens is 308 g/mol. The lowest BCUT2D eigenvalue weighted by Crippen LogP contribution is -2.41. The summed E-state index contributed by atoms with van der Waals surface area (Å²) in [4.78, 5) is 15.3. The predicted octanol–water partition coefficient (Wildman–Crippen LogP) is 4.20. The molecule has 25 heavy (non-hydrogen) atoms. The van der Waals surface area contributed by atoms with E-state index in [4.69, 9.17) is 0 Å². The number of nitrogens with one attached hydrogen (secondary N) is 1. The summed E-state index contributed by atoms with van der Waals surface area (Å²) in [6.45, 7) is 7.72. The van der Waals surface area contributed by atoms with E-state index in [1.165, 1.54) is 18.4 Å². The number of rotatable bonds is 6. The molecule has 138 valence electrons. The van der Waals surface area contributed by atoms with Gasteiger partial charge in [0.15, 0.2) is 0 Å². The van der Waals surface area contributed by atoms with Crippen LogP contribution in [0.2, 0.25) is 0 Å². The van der Waals surface area contributed by atoms with E-state index < -0.39 is 0 Å². The number of amides is 1. The van der Waals surface area contributed by atoms with Crippen molar-refractivity contribution in [1.29, 1.82) is 0 Å². The quantitative estimate of drug-likeness (QED) is 0.840. The Bertz CT molecular complexity index is 538. The van der Waals surface area contributed by atoms with Crippen molar-refractivity contribution >= 4 is 5.91 Å². The van der Waals surface area contributed by atoms with Gasteiger partial charge in [0.1, 0.15) is 0 Å². The van der Waals surface area contributed by atoms with Crippen molar-refractivity contribution in [3.05, 3.63) is 35.9 Å². The van der Waals surface area contributed by atoms with Crippen LogP contribution >= 0.6 is 0 Å². The smallest absolute Gasteiger partial charge is 0.223 e. The van der Waals surface area contributed by atoms with Crippen molar-refractivity contribution in [3.63, 3.8) is 0 Å². The highest BCUT2D eigenvalue weighted by Gasteiger charge is 2.35. The van der Waals surface area contributed by atoms with Crippen molar-refractivity contribution in [2.24, 2.45) is 11.8 Å². The SMILES string of the molecule is CCC(c1ccccc1)C1CCCN1C(=O)CC(C)C1CCNCC1. The number of carbonyl (C=O) groups is 1. The van der Waals surface area contributed by atoms with Crippen molar-refractivity contribution in [2.45, 2.75) is 64.3 Å². The Morgan fingerprint density at radius 1 is 1.20 bits per heavy atom. The second kappa shape index (κ2) is 8.84. The van der Waals surface area contributed by atoms with Crippen LogP contribution in [0.5, 0.6) is 0 Å². The Morgan fingerprint density at radius 2 is 1.92 bits per heavy atom. The first-order valence-electron chi connectivity index (χ1n) is 10.3. The van der Waals surface area contributed by atoms with E-state index in [2.05, 4.69) is 54.4 Å². The number of benzene rings is 1. The summed E-state index contributed by atoms with van der Waals surface area (Å²) < 4.78 is 0. The van der Waals surface area contributed by atoms with E-state index in [0.29, 0.717) is 29.7 Å². The normalized spacial score (nSPS) is 24.2. The summed E-state index contributed by atoms with van der Waals surface area (Å²) in [6.07, 6.45) is 6.58. The summed E-state index contributed by atoms with van der Waals surface area (Å²) in [5, 5.41) is 3.43. The highest BCUT2D eigenvalue weighted by atomic mass is 16.2. The third-order valence-corrected chi connectivity index (χ3v) is 6.44. The van der Waals surface area contributed by atoms with E-state index in [9.17, 15) is 4.79 Å². The van der Waals surface area contributed by atoms with E-state index in [1.54, 1.807) is 0 Å². The highest BCUT2D eigenvalue weighted by Crippen LogP contribution is 2.35. The summed E-state index contributed by atoms with van der Waals surface area (Å²) in [5.74, 6) is 2.08. The Morgan fingerprint density at radius 3 is 2.60 bits per heavy atom. The molecule has 0 aliphatic carbocycles. The highest BCUT2D eigenvalue weighted by molar-refractivity contribution is 5.77. The van der Waals surface area contributed by atoms with Gasteiger partial charge in [0.2, 0.25) is 5.91 Å². The minimum atomic E-state index is 0.389. The molecule has 0 aromatic heterocycles. The van der Waals surface area contributed by atoms with Gasteiger partial charge in [-0.25, -0.2) is 0 Å². The van der Waals surface area contributed by atoms with Crippen LogP contribution in [0.1, 0.15) is 63.9 Å². The third kappa shape index (κ3) is 4.44. The van der Waals surface area contributed by atoms with E-state index in [0.717, 1.165) is 45.3 Å². The van der Waals surface area contributed by atoms with E-state index in [-0.39, 0.29) is 0 Å². The average Bonchev–Trinajstić information content (AvgIpc) is 3.13. The van der Waals surface area contributed by atoms with Gasteiger partial charge < -0.3 is 10.2 Å². The Hall–Kier alpha value is -1.35. The molecule has 0 saturated carbocycles. The van der Waals surface area contributed by atoms with Crippen LogP contribution in [-0.4, -0.2) is 36.5 Å². The van der Waals surface area contributed by atoms with Crippen LogP contribution < -0.4 is 5.32 Å². The fraction of sp³-hybridized carbons (Fsp3) is 0.682. The minimum Gasteiger partial charge on any atom is -0.339 e. The zero-order valence-corrected chi connectivity index (χ0v) is 15.9. The van der Waals surface area contributed by atoms with Crippen LogP contribution in [0.25, 0.3) is 0 Å². The number of piperidine rings is 1. The zero-order valence-electron chi connectivity index (χ0n) is 15.9. The fourth-order valence-corrected chi connectivity index (χ4v) is 4.92. The van der Waals surface area contributed by atoms with Gasteiger partial charge in [-0.3, -0.25) is 4.79 Å². The second-order valence-electron chi connectivity index (χ2n) is 7.99. The molecule has 3 rings (SSSR count). The fourth-order valence-electron chi connectivity index (χ4n) is 4.92. The maximum Gasteiger partial charge on any atom is 0.223 e. The molecular formula is C22H34N2O. The van der Waals surface area contributed by atoms with Crippen molar-refractivity contribution < 1.29 is 4.79 Å². The Kier molecular flexibility index (Phi) is 6.52. The van der Waals surface area contributed by atoms with Crippen LogP contribution in [0.4, 0.5) is 0 Å². The monoisotopic (exact) mass is 342 g/mol. The Balaban J connectivity index is 1.64. The molecule has 1 amide bonds. The van der Waals surface area contributed by atoms with Gasteiger partial charge in [0.25, 0.3) is 0 Å². The van der Waals surface area contributed by atoms with Crippen LogP contribution in [-0.2, 0) is 4.79 Å². The van der Waals surface area contributed by atoms with Gasteiger partial charge in [-0.1, -0.05) is 44.2 Å². The van der Waals surface area contributed by atoms with E-state index in [1.807, 2.05) is 0 Å². The van der Waals surface area contributed by atoms with Gasteiger partial charge in [-0.05, 0) is 62.6 Å². The first-order chi connectivity index (χ1) is 12.2. The second-order valence-corrected chi connectivity index (χ2v) is 7.99. The van der Waals surface area contributed by atoms with Crippen LogP contribution in [0.15, 0.2) is 30.3 Å². The first-order valence-corrected chi connectivity index (χ1v) is 10.3. The summed E-state index contributed by atoms with van der Waals surface area (Å²) in [5.41, 5.74) is 1.39. The lowest BCUT2D eigenvalue weighted by Gasteiger charge is -2.34. The molecule has 2 saturated heterocycles. The van der Waals surface area contributed by atoms with Gasteiger partial charge in [0.05, 0.1) is 0 Å². The molecule has 3 nitrogen and oxygen atoms in total. The molecule has 1 N–H and O–H groups in total. The molecule has 0 spiro atoms. The zero-order chi connectivity index (χ0) is 17.6. The van der Waals surface area contributed by atoms with Crippen LogP contribution in [0.3, 0.4) is 0 Å². The molecule has 1 aromatic carbocycles. The van der Waals surface area contributed by atoms with Gasteiger partial charge in [-0.15, -0.1) is 0 Å². The molecule has 2 aliphatic heterocycles. The molecule has 0 radical (unpaired) electrons. The number of nitrogens with zero attached hydrogens (tertiary/aromatic N) is 1. The molecule has 0 bridgehead atoms. The molecule has 3 unspecified atom stereocenters.